The van der Waals surface area contributed by atoms with Crippen molar-refractivity contribution in [3.05, 3.63) is 34.9 Å². The summed E-state index contributed by atoms with van der Waals surface area (Å²) in [4.78, 5) is 0. The quantitative estimate of drug-likeness (QED) is 0.805. The van der Waals surface area contributed by atoms with E-state index in [1.807, 2.05) is 32.0 Å². The van der Waals surface area contributed by atoms with E-state index in [0.717, 1.165) is 16.7 Å². The monoisotopic (exact) mass is 240 g/mol. The van der Waals surface area contributed by atoms with E-state index in [-0.39, 0.29) is 11.5 Å². The zero-order valence-electron chi connectivity index (χ0n) is 9.53. The first-order valence-electron chi connectivity index (χ1n) is 5.33. The summed E-state index contributed by atoms with van der Waals surface area (Å²) in [7, 11) is -3.08. The maximum atomic E-state index is 11.4. The van der Waals surface area contributed by atoms with Gasteiger partial charge < -0.3 is 5.11 Å². The summed E-state index contributed by atoms with van der Waals surface area (Å²) in [6.07, 6.45) is 0.305. The summed E-state index contributed by atoms with van der Waals surface area (Å²) in [5.74, 6) is -0.0687. The van der Waals surface area contributed by atoms with Crippen LogP contribution in [0.1, 0.15) is 23.1 Å². The van der Waals surface area contributed by atoms with E-state index in [2.05, 4.69) is 0 Å². The van der Waals surface area contributed by atoms with Gasteiger partial charge in [0.1, 0.15) is 5.60 Å². The minimum absolute atomic E-state index is 0.0802. The molecule has 1 heterocycles. The van der Waals surface area contributed by atoms with Crippen molar-refractivity contribution in [3.63, 3.8) is 0 Å². The van der Waals surface area contributed by atoms with Crippen molar-refractivity contribution in [2.75, 3.05) is 11.5 Å². The molecule has 0 saturated carbocycles. The molecule has 1 aromatic carbocycles. The lowest BCUT2D eigenvalue weighted by molar-refractivity contribution is 0.0646. The molecule has 1 fully saturated rings. The smallest absolute Gasteiger partial charge is 0.153 e. The van der Waals surface area contributed by atoms with E-state index in [1.54, 1.807) is 0 Å². The molecular formula is C12H16O3S. The largest absolute Gasteiger partial charge is 0.384 e. The van der Waals surface area contributed by atoms with Crippen LogP contribution >= 0.6 is 0 Å². The molecule has 1 aliphatic heterocycles. The molecule has 1 N–H and O–H groups in total. The first-order valence-corrected chi connectivity index (χ1v) is 7.15. The number of rotatable bonds is 1. The van der Waals surface area contributed by atoms with Gasteiger partial charge in [-0.1, -0.05) is 23.8 Å². The molecule has 3 nitrogen and oxygen atoms in total. The van der Waals surface area contributed by atoms with E-state index >= 15 is 0 Å². The second-order valence-corrected chi connectivity index (χ2v) is 6.88. The van der Waals surface area contributed by atoms with Gasteiger partial charge in [-0.3, -0.25) is 0 Å². The van der Waals surface area contributed by atoms with Gasteiger partial charge in [-0.15, -0.1) is 0 Å². The van der Waals surface area contributed by atoms with Crippen LogP contribution in [0.4, 0.5) is 0 Å². The van der Waals surface area contributed by atoms with E-state index in [1.165, 1.54) is 0 Å². The maximum Gasteiger partial charge on any atom is 0.153 e. The standard InChI is InChI=1S/C12H16O3S/c1-9-3-4-11(10(2)7-9)12(13)5-6-16(14,15)8-12/h3-4,7,13H,5-6,8H2,1-2H3. The van der Waals surface area contributed by atoms with Crippen LogP contribution in [-0.4, -0.2) is 25.0 Å². The molecule has 88 valence electrons. The van der Waals surface area contributed by atoms with E-state index in [4.69, 9.17) is 0 Å². The van der Waals surface area contributed by atoms with Crippen LogP contribution < -0.4 is 0 Å². The van der Waals surface area contributed by atoms with Gasteiger partial charge in [-0.25, -0.2) is 8.42 Å². The first kappa shape index (κ1) is 11.6. The van der Waals surface area contributed by atoms with E-state index < -0.39 is 15.4 Å². The van der Waals surface area contributed by atoms with Crippen LogP contribution in [0.3, 0.4) is 0 Å². The fourth-order valence-electron chi connectivity index (χ4n) is 2.38. The highest BCUT2D eigenvalue weighted by molar-refractivity contribution is 7.91. The number of aryl methyl sites for hydroxylation is 2. The Balaban J connectivity index is 2.45. The summed E-state index contributed by atoms with van der Waals surface area (Å²) in [6.45, 7) is 3.89. The molecule has 2 rings (SSSR count). The molecule has 0 spiro atoms. The van der Waals surface area contributed by atoms with Crippen molar-refractivity contribution >= 4 is 9.84 Å². The van der Waals surface area contributed by atoms with Crippen LogP contribution in [-0.2, 0) is 15.4 Å². The Morgan fingerprint density at radius 1 is 1.31 bits per heavy atom. The molecule has 0 aromatic heterocycles. The number of sulfone groups is 1. The third-order valence-corrected chi connectivity index (χ3v) is 4.91. The Bertz CT molecular complexity index is 519. The van der Waals surface area contributed by atoms with Gasteiger partial charge in [0.25, 0.3) is 0 Å². The topological polar surface area (TPSA) is 54.4 Å². The lowest BCUT2D eigenvalue weighted by Crippen LogP contribution is -2.27. The number of aliphatic hydroxyl groups is 1. The van der Waals surface area contributed by atoms with Gasteiger partial charge in [0, 0.05) is 0 Å². The van der Waals surface area contributed by atoms with Crippen molar-refractivity contribution in [2.24, 2.45) is 0 Å². The molecule has 1 aliphatic rings. The minimum Gasteiger partial charge on any atom is -0.384 e. The molecule has 0 aliphatic carbocycles. The van der Waals surface area contributed by atoms with Gasteiger partial charge >= 0.3 is 0 Å². The van der Waals surface area contributed by atoms with Gasteiger partial charge in [-0.05, 0) is 31.4 Å². The lowest BCUT2D eigenvalue weighted by atomic mass is 9.89. The Kier molecular flexibility index (Phi) is 2.59. The maximum absolute atomic E-state index is 11.4. The highest BCUT2D eigenvalue weighted by atomic mass is 32.2. The van der Waals surface area contributed by atoms with E-state index in [0.29, 0.717) is 6.42 Å². The fourth-order valence-corrected chi connectivity index (χ4v) is 4.20. The predicted octanol–water partition coefficient (Wildman–Crippen LogP) is 1.31. The Hall–Kier alpha value is -0.870. The average molecular weight is 240 g/mol. The van der Waals surface area contributed by atoms with E-state index in [9.17, 15) is 13.5 Å². The van der Waals surface area contributed by atoms with Crippen LogP contribution in [0.5, 0.6) is 0 Å². The number of benzene rings is 1. The van der Waals surface area contributed by atoms with Gasteiger partial charge in [-0.2, -0.15) is 0 Å². The van der Waals surface area contributed by atoms with Gasteiger partial charge in [0.05, 0.1) is 11.5 Å². The van der Waals surface area contributed by atoms with Crippen molar-refractivity contribution in [1.29, 1.82) is 0 Å². The highest BCUT2D eigenvalue weighted by Gasteiger charge is 2.42. The third-order valence-electron chi connectivity index (χ3n) is 3.17. The van der Waals surface area contributed by atoms with Gasteiger partial charge in [0.2, 0.25) is 0 Å². The summed E-state index contributed by atoms with van der Waals surface area (Å²) in [5.41, 5.74) is 1.64. The molecule has 1 saturated heterocycles. The summed E-state index contributed by atoms with van der Waals surface area (Å²) < 4.78 is 22.9. The zero-order chi connectivity index (χ0) is 12.0. The molecule has 1 atom stereocenters. The second-order valence-electron chi connectivity index (χ2n) is 4.69. The molecule has 0 radical (unpaired) electrons. The summed E-state index contributed by atoms with van der Waals surface area (Å²) >= 11 is 0. The molecular weight excluding hydrogens is 224 g/mol. The summed E-state index contributed by atoms with van der Waals surface area (Å²) in [6, 6.07) is 5.72. The predicted molar refractivity (Wildman–Crippen MR) is 63.1 cm³/mol. The molecule has 4 heteroatoms. The third kappa shape index (κ3) is 1.99. The molecule has 0 amide bonds. The zero-order valence-corrected chi connectivity index (χ0v) is 10.3. The van der Waals surface area contributed by atoms with Crippen LogP contribution in [0.25, 0.3) is 0 Å². The van der Waals surface area contributed by atoms with Gasteiger partial charge in [0.15, 0.2) is 9.84 Å². The lowest BCUT2D eigenvalue weighted by Gasteiger charge is -2.23. The van der Waals surface area contributed by atoms with Crippen LogP contribution in [0.2, 0.25) is 0 Å². The minimum atomic E-state index is -3.08. The average Bonchev–Trinajstić information content (AvgIpc) is 2.41. The van der Waals surface area contributed by atoms with Crippen molar-refractivity contribution < 1.29 is 13.5 Å². The van der Waals surface area contributed by atoms with Crippen molar-refractivity contribution in [1.82, 2.24) is 0 Å². The summed E-state index contributed by atoms with van der Waals surface area (Å²) in [5, 5.41) is 10.4. The Morgan fingerprint density at radius 2 is 2.00 bits per heavy atom. The SMILES string of the molecule is Cc1ccc(C2(O)CCS(=O)(=O)C2)c(C)c1. The second kappa shape index (κ2) is 3.57. The first-order chi connectivity index (χ1) is 7.32. The Morgan fingerprint density at radius 3 is 2.50 bits per heavy atom. The number of hydrogen-bond donors (Lipinski definition) is 1. The van der Waals surface area contributed by atoms with Crippen LogP contribution in [0, 0.1) is 13.8 Å². The van der Waals surface area contributed by atoms with Crippen molar-refractivity contribution in [2.45, 2.75) is 25.9 Å². The molecule has 1 unspecified atom stereocenters. The normalized spacial score (nSPS) is 28.2. The van der Waals surface area contributed by atoms with Crippen LogP contribution in [0.15, 0.2) is 18.2 Å². The Labute approximate surface area is 96.0 Å². The highest BCUT2D eigenvalue weighted by Crippen LogP contribution is 2.35. The number of hydrogen-bond acceptors (Lipinski definition) is 3. The fraction of sp³-hybridized carbons (Fsp3) is 0.500. The molecule has 16 heavy (non-hydrogen) atoms. The van der Waals surface area contributed by atoms with Crippen molar-refractivity contribution in [3.8, 4) is 0 Å². The molecule has 1 aromatic rings. The molecule has 0 bridgehead atoms.